The van der Waals surface area contributed by atoms with Gasteiger partial charge in [0.25, 0.3) is 0 Å². The van der Waals surface area contributed by atoms with Crippen LogP contribution in [0.15, 0.2) is 24.3 Å². The number of hydrogen-bond donors (Lipinski definition) is 1. The van der Waals surface area contributed by atoms with Gasteiger partial charge >= 0.3 is 0 Å². The molecule has 1 aromatic rings. The standard InChI is InChI=1S/C11H14ClNO3S/c1-2-17(15,16)13-10-6-3-9(4-7-10)5-8-11(12)14/h3-4,6-7,13H,2,5,8H2,1H3. The summed E-state index contributed by atoms with van der Waals surface area (Å²) in [6.07, 6.45) is 0.838. The molecule has 4 nitrogen and oxygen atoms in total. The van der Waals surface area contributed by atoms with Gasteiger partial charge in [-0.1, -0.05) is 12.1 Å². The van der Waals surface area contributed by atoms with E-state index >= 15 is 0 Å². The zero-order valence-corrected chi connectivity index (χ0v) is 11.0. The minimum atomic E-state index is -3.24. The fraction of sp³-hybridized carbons (Fsp3) is 0.364. The number of rotatable bonds is 6. The predicted octanol–water partition coefficient (Wildman–Crippen LogP) is 2.15. The Morgan fingerprint density at radius 2 is 1.88 bits per heavy atom. The van der Waals surface area contributed by atoms with Crippen molar-refractivity contribution in [2.75, 3.05) is 10.5 Å². The number of carbonyl (C=O) groups excluding carboxylic acids is 1. The summed E-state index contributed by atoms with van der Waals surface area (Å²) in [4.78, 5) is 10.6. The van der Waals surface area contributed by atoms with Gasteiger partial charge in [-0.3, -0.25) is 9.52 Å². The van der Waals surface area contributed by atoms with Crippen molar-refractivity contribution < 1.29 is 13.2 Å². The molecule has 0 radical (unpaired) electrons. The van der Waals surface area contributed by atoms with Gasteiger partial charge < -0.3 is 0 Å². The molecule has 1 rings (SSSR count). The molecule has 0 aromatic heterocycles. The molecule has 6 heteroatoms. The lowest BCUT2D eigenvalue weighted by atomic mass is 10.1. The van der Waals surface area contributed by atoms with Crippen LogP contribution >= 0.6 is 11.6 Å². The lowest BCUT2D eigenvalue weighted by Gasteiger charge is -2.06. The van der Waals surface area contributed by atoms with Gasteiger partial charge in [-0.25, -0.2) is 8.42 Å². The van der Waals surface area contributed by atoms with Crippen molar-refractivity contribution in [3.8, 4) is 0 Å². The molecule has 0 aliphatic rings. The van der Waals surface area contributed by atoms with E-state index in [-0.39, 0.29) is 17.4 Å². The first kappa shape index (κ1) is 14.0. The smallest absolute Gasteiger partial charge is 0.232 e. The van der Waals surface area contributed by atoms with Crippen LogP contribution in [0.3, 0.4) is 0 Å². The average molecular weight is 276 g/mol. The van der Waals surface area contributed by atoms with Crippen LogP contribution in [0.25, 0.3) is 0 Å². The van der Waals surface area contributed by atoms with Crippen molar-refractivity contribution >= 4 is 32.6 Å². The highest BCUT2D eigenvalue weighted by Crippen LogP contribution is 2.13. The summed E-state index contributed by atoms with van der Waals surface area (Å²) in [5.74, 6) is 0.0372. The van der Waals surface area contributed by atoms with E-state index < -0.39 is 10.0 Å². The predicted molar refractivity (Wildman–Crippen MR) is 68.7 cm³/mol. The molecule has 17 heavy (non-hydrogen) atoms. The molecule has 0 amide bonds. The van der Waals surface area contributed by atoms with E-state index in [9.17, 15) is 13.2 Å². The molecule has 0 bridgehead atoms. The Balaban J connectivity index is 2.65. The van der Waals surface area contributed by atoms with E-state index in [1.54, 1.807) is 31.2 Å². The van der Waals surface area contributed by atoms with E-state index in [0.29, 0.717) is 12.1 Å². The molecule has 1 aromatic carbocycles. The molecule has 0 saturated carbocycles. The number of aryl methyl sites for hydroxylation is 1. The van der Waals surface area contributed by atoms with Gasteiger partial charge in [0.05, 0.1) is 5.75 Å². The van der Waals surface area contributed by atoms with Crippen LogP contribution in [0.2, 0.25) is 0 Å². The second-order valence-electron chi connectivity index (χ2n) is 3.56. The highest BCUT2D eigenvalue weighted by molar-refractivity contribution is 7.92. The molecule has 0 atom stereocenters. The maximum atomic E-state index is 11.3. The number of hydrogen-bond acceptors (Lipinski definition) is 3. The first-order chi connectivity index (χ1) is 7.93. The Labute approximate surface area is 106 Å². The van der Waals surface area contributed by atoms with E-state index in [1.165, 1.54) is 0 Å². The zero-order chi connectivity index (χ0) is 12.9. The Morgan fingerprint density at radius 3 is 2.35 bits per heavy atom. The van der Waals surface area contributed by atoms with Crippen LogP contribution in [-0.4, -0.2) is 19.4 Å². The third kappa shape index (κ3) is 5.19. The second-order valence-corrected chi connectivity index (χ2v) is 5.99. The van der Waals surface area contributed by atoms with Crippen LogP contribution in [-0.2, 0) is 21.2 Å². The molecular weight excluding hydrogens is 262 g/mol. The summed E-state index contributed by atoms with van der Waals surface area (Å²) in [7, 11) is -3.24. The third-order valence-electron chi connectivity index (χ3n) is 2.22. The monoisotopic (exact) mass is 275 g/mol. The molecule has 0 heterocycles. The fourth-order valence-corrected chi connectivity index (χ4v) is 1.97. The fourth-order valence-electron chi connectivity index (χ4n) is 1.23. The van der Waals surface area contributed by atoms with E-state index in [0.717, 1.165) is 5.56 Å². The van der Waals surface area contributed by atoms with Crippen LogP contribution in [0.5, 0.6) is 0 Å². The summed E-state index contributed by atoms with van der Waals surface area (Å²) in [6.45, 7) is 1.57. The van der Waals surface area contributed by atoms with Crippen LogP contribution in [0, 0.1) is 0 Å². The number of nitrogens with one attached hydrogen (secondary N) is 1. The van der Waals surface area contributed by atoms with Crippen molar-refractivity contribution in [2.45, 2.75) is 19.8 Å². The summed E-state index contributed by atoms with van der Waals surface area (Å²) < 4.78 is 25.0. The van der Waals surface area contributed by atoms with Gasteiger partial charge in [-0.05, 0) is 42.6 Å². The number of benzene rings is 1. The normalized spacial score (nSPS) is 11.2. The van der Waals surface area contributed by atoms with Crippen molar-refractivity contribution in [1.82, 2.24) is 0 Å². The summed E-state index contributed by atoms with van der Waals surface area (Å²) >= 11 is 5.23. The molecular formula is C11H14ClNO3S. The lowest BCUT2D eigenvalue weighted by Crippen LogP contribution is -2.14. The highest BCUT2D eigenvalue weighted by Gasteiger charge is 2.06. The number of sulfonamides is 1. The molecule has 94 valence electrons. The number of carbonyl (C=O) groups is 1. The van der Waals surface area contributed by atoms with Crippen LogP contribution < -0.4 is 4.72 Å². The molecule has 0 saturated heterocycles. The average Bonchev–Trinajstić information content (AvgIpc) is 2.28. The molecule has 0 fully saturated rings. The number of halogens is 1. The van der Waals surface area contributed by atoms with E-state index in [2.05, 4.69) is 4.72 Å². The first-order valence-corrected chi connectivity index (χ1v) is 7.24. The van der Waals surface area contributed by atoms with Crippen LogP contribution in [0.4, 0.5) is 5.69 Å². The van der Waals surface area contributed by atoms with Gasteiger partial charge in [0, 0.05) is 12.1 Å². The van der Waals surface area contributed by atoms with Crippen molar-refractivity contribution in [2.24, 2.45) is 0 Å². The van der Waals surface area contributed by atoms with Crippen molar-refractivity contribution in [3.63, 3.8) is 0 Å². The van der Waals surface area contributed by atoms with Crippen LogP contribution in [0.1, 0.15) is 18.9 Å². The maximum absolute atomic E-state index is 11.3. The Bertz CT molecular complexity index is 482. The first-order valence-electron chi connectivity index (χ1n) is 5.20. The third-order valence-corrected chi connectivity index (χ3v) is 3.71. The van der Waals surface area contributed by atoms with E-state index in [1.807, 2.05) is 0 Å². The van der Waals surface area contributed by atoms with Gasteiger partial charge in [-0.15, -0.1) is 0 Å². The van der Waals surface area contributed by atoms with Crippen molar-refractivity contribution in [3.05, 3.63) is 29.8 Å². The summed E-state index contributed by atoms with van der Waals surface area (Å²) in [5, 5.41) is -0.374. The maximum Gasteiger partial charge on any atom is 0.232 e. The van der Waals surface area contributed by atoms with Gasteiger partial charge in [-0.2, -0.15) is 0 Å². The van der Waals surface area contributed by atoms with Gasteiger partial charge in [0.15, 0.2) is 0 Å². The Morgan fingerprint density at radius 1 is 1.29 bits per heavy atom. The summed E-state index contributed by atoms with van der Waals surface area (Å²) in [5.41, 5.74) is 1.46. The minimum Gasteiger partial charge on any atom is -0.284 e. The molecule has 0 aliphatic heterocycles. The minimum absolute atomic E-state index is 0.0372. The molecule has 0 spiro atoms. The molecule has 0 aliphatic carbocycles. The lowest BCUT2D eigenvalue weighted by molar-refractivity contribution is -0.111. The van der Waals surface area contributed by atoms with Gasteiger partial charge in [0.1, 0.15) is 0 Å². The Kier molecular flexibility index (Phi) is 4.96. The topological polar surface area (TPSA) is 63.2 Å². The molecule has 1 N–H and O–H groups in total. The van der Waals surface area contributed by atoms with Gasteiger partial charge in [0.2, 0.25) is 15.3 Å². The SMILES string of the molecule is CCS(=O)(=O)Nc1ccc(CCC(=O)Cl)cc1. The summed E-state index contributed by atoms with van der Waals surface area (Å²) in [6, 6.07) is 6.88. The zero-order valence-electron chi connectivity index (χ0n) is 9.44. The largest absolute Gasteiger partial charge is 0.284 e. The Hall–Kier alpha value is -1.07. The number of anilines is 1. The second kappa shape index (κ2) is 6.02. The van der Waals surface area contributed by atoms with E-state index in [4.69, 9.17) is 11.6 Å². The van der Waals surface area contributed by atoms with Crippen molar-refractivity contribution in [1.29, 1.82) is 0 Å². The molecule has 0 unspecified atom stereocenters. The highest BCUT2D eigenvalue weighted by atomic mass is 35.5. The quantitative estimate of drug-likeness (QED) is 0.809.